The molecular formula is C42H78O12. The van der Waals surface area contributed by atoms with Crippen LogP contribution in [0.4, 0.5) is 0 Å². The van der Waals surface area contributed by atoms with Crippen molar-refractivity contribution in [3.8, 4) is 5.75 Å². The van der Waals surface area contributed by atoms with Crippen molar-refractivity contribution in [2.45, 2.75) is 84.5 Å². The molecule has 318 valence electrons. The van der Waals surface area contributed by atoms with Crippen LogP contribution in [-0.2, 0) is 58.5 Å². The van der Waals surface area contributed by atoms with Crippen LogP contribution < -0.4 is 4.74 Å². The number of benzene rings is 1. The first-order chi connectivity index (χ1) is 26.9. The molecule has 0 N–H and O–H groups in total. The molecule has 54 heavy (non-hydrogen) atoms. The molecule has 0 unspecified atom stereocenters. The zero-order valence-corrected chi connectivity index (χ0v) is 34.3. The van der Waals surface area contributed by atoms with Gasteiger partial charge < -0.3 is 56.8 Å². The van der Waals surface area contributed by atoms with Gasteiger partial charge in [-0.3, -0.25) is 0 Å². The van der Waals surface area contributed by atoms with Crippen LogP contribution in [0.15, 0.2) is 24.3 Å². The van der Waals surface area contributed by atoms with Crippen LogP contribution in [0.2, 0.25) is 0 Å². The molecule has 0 aliphatic heterocycles. The lowest BCUT2D eigenvalue weighted by Gasteiger charge is -2.09. The van der Waals surface area contributed by atoms with Crippen molar-refractivity contribution in [2.75, 3.05) is 152 Å². The van der Waals surface area contributed by atoms with E-state index in [2.05, 4.69) is 38.1 Å². The predicted molar refractivity (Wildman–Crippen MR) is 212 cm³/mol. The summed E-state index contributed by atoms with van der Waals surface area (Å²) in [4.78, 5) is 0. The van der Waals surface area contributed by atoms with Crippen molar-refractivity contribution in [1.29, 1.82) is 0 Å². The van der Waals surface area contributed by atoms with Gasteiger partial charge in [-0.15, -0.1) is 0 Å². The van der Waals surface area contributed by atoms with Gasteiger partial charge in [-0.25, -0.2) is 0 Å². The minimum absolute atomic E-state index is 0.516. The Balaban J connectivity index is 1.67. The average molecular weight is 775 g/mol. The van der Waals surface area contributed by atoms with Crippen LogP contribution >= 0.6 is 0 Å². The molecule has 0 saturated carbocycles. The lowest BCUT2D eigenvalue weighted by Crippen LogP contribution is -2.15. The summed E-state index contributed by atoms with van der Waals surface area (Å²) in [5.74, 6) is 0.888. The van der Waals surface area contributed by atoms with E-state index in [1.54, 1.807) is 0 Å². The quantitative estimate of drug-likeness (QED) is 0.0656. The van der Waals surface area contributed by atoms with E-state index in [0.29, 0.717) is 145 Å². The molecule has 12 heteroatoms. The van der Waals surface area contributed by atoms with E-state index in [-0.39, 0.29) is 0 Å². The SMILES string of the molecule is CCCCCCCCCc1ccc(OCCOCCOCCOCCOCCOCCOCCOCCOCCOCCOCCOCCCCC)cc1. The molecule has 0 bridgehead atoms. The van der Waals surface area contributed by atoms with Crippen LogP contribution in [0.5, 0.6) is 5.75 Å². The van der Waals surface area contributed by atoms with Gasteiger partial charge in [-0.2, -0.15) is 0 Å². The molecule has 0 atom stereocenters. The Bertz CT molecular complexity index is 832. The summed E-state index contributed by atoms with van der Waals surface area (Å²) in [5, 5.41) is 0. The molecule has 1 aromatic carbocycles. The molecule has 0 spiro atoms. The number of unbranched alkanes of at least 4 members (excludes halogenated alkanes) is 8. The maximum Gasteiger partial charge on any atom is 0.119 e. The van der Waals surface area contributed by atoms with Crippen molar-refractivity contribution in [1.82, 2.24) is 0 Å². The summed E-state index contributed by atoms with van der Waals surface area (Å²) in [6.45, 7) is 17.1. The highest BCUT2D eigenvalue weighted by atomic mass is 16.6. The number of ether oxygens (including phenoxy) is 12. The summed E-state index contributed by atoms with van der Waals surface area (Å²) < 4.78 is 66.5. The van der Waals surface area contributed by atoms with Crippen LogP contribution in [0.25, 0.3) is 0 Å². The molecule has 0 radical (unpaired) electrons. The normalized spacial score (nSPS) is 11.5. The molecule has 0 saturated heterocycles. The van der Waals surface area contributed by atoms with E-state index in [1.807, 2.05) is 0 Å². The van der Waals surface area contributed by atoms with Crippen LogP contribution in [0, 0.1) is 0 Å². The third kappa shape index (κ3) is 38.8. The summed E-state index contributed by atoms with van der Waals surface area (Å²) >= 11 is 0. The Labute approximate surface area is 328 Å². The Morgan fingerprint density at radius 3 is 0.907 bits per heavy atom. The minimum atomic E-state index is 0.516. The summed E-state index contributed by atoms with van der Waals surface area (Å²) in [7, 11) is 0. The van der Waals surface area contributed by atoms with Crippen LogP contribution in [-0.4, -0.2) is 152 Å². The molecule has 0 aliphatic carbocycles. The second-order valence-corrected chi connectivity index (χ2v) is 12.8. The smallest absolute Gasteiger partial charge is 0.119 e. The molecule has 0 aliphatic rings. The highest BCUT2D eigenvalue weighted by Gasteiger charge is 1.99. The van der Waals surface area contributed by atoms with Gasteiger partial charge in [-0.05, 0) is 37.0 Å². The molecule has 12 nitrogen and oxygen atoms in total. The summed E-state index contributed by atoms with van der Waals surface area (Å²) in [5.41, 5.74) is 1.38. The zero-order valence-electron chi connectivity index (χ0n) is 34.3. The monoisotopic (exact) mass is 775 g/mol. The van der Waals surface area contributed by atoms with Gasteiger partial charge in [0.25, 0.3) is 0 Å². The van der Waals surface area contributed by atoms with E-state index in [9.17, 15) is 0 Å². The topological polar surface area (TPSA) is 111 Å². The standard InChI is InChI=1S/C42H78O12/c1-3-5-7-8-9-10-11-13-41-14-16-42(17-15-41)54-40-39-53-38-37-52-36-35-51-34-33-50-32-31-49-30-29-48-28-27-47-26-25-46-24-23-45-22-21-44-20-19-43-18-12-6-4-2/h14-17H,3-13,18-40H2,1-2H3. The Morgan fingerprint density at radius 2 is 0.556 bits per heavy atom. The van der Waals surface area contributed by atoms with Gasteiger partial charge in [0, 0.05) is 6.61 Å². The number of rotatable bonds is 46. The van der Waals surface area contributed by atoms with E-state index < -0.39 is 0 Å². The van der Waals surface area contributed by atoms with Crippen molar-refractivity contribution in [3.05, 3.63) is 29.8 Å². The first kappa shape index (κ1) is 50.6. The number of hydrogen-bond acceptors (Lipinski definition) is 12. The Kier molecular flexibility index (Phi) is 41.5. The number of aryl methyl sites for hydroxylation is 1. The highest BCUT2D eigenvalue weighted by Crippen LogP contribution is 2.15. The van der Waals surface area contributed by atoms with E-state index >= 15 is 0 Å². The van der Waals surface area contributed by atoms with E-state index in [0.717, 1.165) is 25.2 Å². The number of hydrogen-bond donors (Lipinski definition) is 0. The van der Waals surface area contributed by atoms with Crippen molar-refractivity contribution >= 4 is 0 Å². The van der Waals surface area contributed by atoms with E-state index in [1.165, 1.54) is 63.4 Å². The molecule has 0 fully saturated rings. The van der Waals surface area contributed by atoms with Crippen molar-refractivity contribution in [2.24, 2.45) is 0 Å². The molecular weight excluding hydrogens is 696 g/mol. The predicted octanol–water partition coefficient (Wildman–Crippen LogP) is 6.73. The first-order valence-electron chi connectivity index (χ1n) is 20.9. The lowest BCUT2D eigenvalue weighted by molar-refractivity contribution is -0.0277. The zero-order chi connectivity index (χ0) is 38.5. The minimum Gasteiger partial charge on any atom is -0.491 e. The van der Waals surface area contributed by atoms with Crippen molar-refractivity contribution < 1.29 is 56.8 Å². The fraction of sp³-hybridized carbons (Fsp3) is 0.857. The average Bonchev–Trinajstić information content (AvgIpc) is 3.19. The third-order valence-electron chi connectivity index (χ3n) is 8.10. The fourth-order valence-electron chi connectivity index (χ4n) is 5.01. The maximum absolute atomic E-state index is 5.79. The largest absolute Gasteiger partial charge is 0.491 e. The van der Waals surface area contributed by atoms with Gasteiger partial charge in [0.05, 0.1) is 139 Å². The summed E-state index contributed by atoms with van der Waals surface area (Å²) in [6, 6.07) is 8.46. The molecule has 0 amide bonds. The van der Waals surface area contributed by atoms with Gasteiger partial charge in [0.2, 0.25) is 0 Å². The molecule has 1 rings (SSSR count). The first-order valence-corrected chi connectivity index (χ1v) is 20.9. The maximum atomic E-state index is 5.79. The van der Waals surface area contributed by atoms with Gasteiger partial charge >= 0.3 is 0 Å². The Morgan fingerprint density at radius 1 is 0.278 bits per heavy atom. The van der Waals surface area contributed by atoms with Gasteiger partial charge in [0.15, 0.2) is 0 Å². The molecule has 0 heterocycles. The van der Waals surface area contributed by atoms with Gasteiger partial charge in [0.1, 0.15) is 12.4 Å². The fourth-order valence-corrected chi connectivity index (χ4v) is 5.01. The molecule has 1 aromatic rings. The second-order valence-electron chi connectivity index (χ2n) is 12.8. The second kappa shape index (κ2) is 44.3. The summed E-state index contributed by atoms with van der Waals surface area (Å²) in [6.07, 6.45) is 14.1. The lowest BCUT2D eigenvalue weighted by atomic mass is 10.0. The highest BCUT2D eigenvalue weighted by molar-refractivity contribution is 5.27. The Hall–Kier alpha value is -1.42. The third-order valence-corrected chi connectivity index (χ3v) is 8.10. The van der Waals surface area contributed by atoms with Crippen molar-refractivity contribution in [3.63, 3.8) is 0 Å². The van der Waals surface area contributed by atoms with E-state index in [4.69, 9.17) is 56.8 Å². The van der Waals surface area contributed by atoms with Crippen LogP contribution in [0.1, 0.15) is 83.6 Å². The molecule has 0 aromatic heterocycles. The van der Waals surface area contributed by atoms with Crippen LogP contribution in [0.3, 0.4) is 0 Å². The van der Waals surface area contributed by atoms with Gasteiger partial charge in [-0.1, -0.05) is 77.3 Å².